The van der Waals surface area contributed by atoms with E-state index in [4.69, 9.17) is 5.11 Å². The van der Waals surface area contributed by atoms with Gasteiger partial charge in [-0.2, -0.15) is 0 Å². The largest absolute Gasteiger partial charge is 0.481 e. The molecule has 1 saturated carbocycles. The highest BCUT2D eigenvalue weighted by atomic mass is 16.4. The topological polar surface area (TPSA) is 107 Å². The van der Waals surface area contributed by atoms with Crippen molar-refractivity contribution in [2.45, 2.75) is 76.4 Å². The summed E-state index contributed by atoms with van der Waals surface area (Å²) in [7, 11) is 0. The summed E-state index contributed by atoms with van der Waals surface area (Å²) < 4.78 is 0. The van der Waals surface area contributed by atoms with E-state index < -0.39 is 24.1 Å². The molecule has 26 heavy (non-hydrogen) atoms. The zero-order valence-corrected chi connectivity index (χ0v) is 15.2. The molecule has 2 atom stereocenters. The van der Waals surface area contributed by atoms with Crippen LogP contribution in [0.15, 0.2) is 12.2 Å². The predicted molar refractivity (Wildman–Crippen MR) is 96.5 cm³/mol. The number of hydrogen-bond acceptors (Lipinski definition) is 4. The number of aliphatic hydroxyl groups excluding tert-OH is 1. The van der Waals surface area contributed by atoms with Gasteiger partial charge in [-0.1, -0.05) is 31.4 Å². The summed E-state index contributed by atoms with van der Waals surface area (Å²) in [6.07, 6.45) is 11.1. The van der Waals surface area contributed by atoms with E-state index in [1.807, 2.05) is 12.2 Å². The molecule has 0 radical (unpaired) electrons. The molecule has 1 saturated heterocycles. The third kappa shape index (κ3) is 6.12. The molecule has 2 aliphatic rings. The van der Waals surface area contributed by atoms with Crippen LogP contribution in [0.3, 0.4) is 0 Å². The molecule has 1 heterocycles. The molecule has 0 bridgehead atoms. The molecule has 2 fully saturated rings. The van der Waals surface area contributed by atoms with Crippen molar-refractivity contribution < 1.29 is 24.6 Å². The van der Waals surface area contributed by atoms with Gasteiger partial charge in [0.05, 0.1) is 6.10 Å². The van der Waals surface area contributed by atoms with E-state index >= 15 is 0 Å². The lowest BCUT2D eigenvalue weighted by Gasteiger charge is -2.28. The Morgan fingerprint density at radius 3 is 2.65 bits per heavy atom. The van der Waals surface area contributed by atoms with Crippen LogP contribution in [0.5, 0.6) is 0 Å². The molecule has 0 spiro atoms. The van der Waals surface area contributed by atoms with Crippen molar-refractivity contribution in [3.8, 4) is 0 Å². The summed E-state index contributed by atoms with van der Waals surface area (Å²) in [5.41, 5.74) is 0. The second kappa shape index (κ2) is 10.3. The highest BCUT2D eigenvalue weighted by molar-refractivity contribution is 6.04. The zero-order chi connectivity index (χ0) is 18.9. The summed E-state index contributed by atoms with van der Waals surface area (Å²) in [6.45, 7) is 0.368. The van der Waals surface area contributed by atoms with E-state index in [2.05, 4.69) is 5.32 Å². The van der Waals surface area contributed by atoms with Gasteiger partial charge in [-0.05, 0) is 44.4 Å². The fourth-order valence-corrected chi connectivity index (χ4v) is 3.78. The Balaban J connectivity index is 1.78. The van der Waals surface area contributed by atoms with Crippen LogP contribution in [0.4, 0.5) is 4.79 Å². The van der Waals surface area contributed by atoms with Crippen LogP contribution in [-0.4, -0.2) is 51.7 Å². The quantitative estimate of drug-likeness (QED) is 0.313. The molecule has 2 unspecified atom stereocenters. The first kappa shape index (κ1) is 20.4. The van der Waals surface area contributed by atoms with Crippen molar-refractivity contribution in [3.05, 3.63) is 12.2 Å². The Hall–Kier alpha value is -1.89. The lowest BCUT2D eigenvalue weighted by molar-refractivity contribution is -0.137. The number of carboxylic acids is 1. The number of amides is 3. The van der Waals surface area contributed by atoms with Gasteiger partial charge in [0.25, 0.3) is 5.91 Å². The van der Waals surface area contributed by atoms with E-state index in [1.54, 1.807) is 0 Å². The summed E-state index contributed by atoms with van der Waals surface area (Å²) >= 11 is 0. The fraction of sp³-hybridized carbons (Fsp3) is 0.737. The zero-order valence-electron chi connectivity index (χ0n) is 15.2. The highest BCUT2D eigenvalue weighted by Gasteiger charge is 2.37. The molecule has 2 rings (SSSR count). The second-order valence-corrected chi connectivity index (χ2v) is 7.25. The molecule has 7 nitrogen and oxygen atoms in total. The van der Waals surface area contributed by atoms with Gasteiger partial charge in [-0.25, -0.2) is 4.79 Å². The molecule has 1 aliphatic carbocycles. The van der Waals surface area contributed by atoms with Crippen molar-refractivity contribution in [1.82, 2.24) is 10.2 Å². The van der Waals surface area contributed by atoms with Crippen molar-refractivity contribution >= 4 is 17.9 Å². The molecule has 0 aromatic rings. The minimum absolute atomic E-state index is 0.123. The Bertz CT molecular complexity index is 528. The van der Waals surface area contributed by atoms with Gasteiger partial charge in [0.1, 0.15) is 6.04 Å². The first-order valence-electron chi connectivity index (χ1n) is 9.65. The number of nitrogens with zero attached hydrogens (tertiary/aromatic N) is 1. The molecule has 1 aliphatic heterocycles. The summed E-state index contributed by atoms with van der Waals surface area (Å²) in [5, 5.41) is 21.3. The van der Waals surface area contributed by atoms with Crippen LogP contribution in [0, 0.1) is 5.92 Å². The molecule has 7 heteroatoms. The van der Waals surface area contributed by atoms with Crippen LogP contribution >= 0.6 is 0 Å². The highest BCUT2D eigenvalue weighted by Crippen LogP contribution is 2.28. The molecule has 3 N–H and O–H groups in total. The van der Waals surface area contributed by atoms with E-state index in [-0.39, 0.29) is 12.3 Å². The molecular weight excluding hydrogens is 336 g/mol. The molecule has 146 valence electrons. The molecular formula is C19H30N2O5. The monoisotopic (exact) mass is 366 g/mol. The lowest BCUT2D eigenvalue weighted by atomic mass is 9.84. The maximum Gasteiger partial charge on any atom is 0.324 e. The van der Waals surface area contributed by atoms with Gasteiger partial charge in [-0.15, -0.1) is 0 Å². The molecule has 0 aromatic carbocycles. The number of carbonyl (C=O) groups excluding carboxylic acids is 2. The van der Waals surface area contributed by atoms with Gasteiger partial charge < -0.3 is 15.1 Å². The first-order chi connectivity index (χ1) is 12.5. The first-order valence-corrected chi connectivity index (χ1v) is 9.65. The third-order valence-electron chi connectivity index (χ3n) is 5.32. The molecule has 0 aromatic heterocycles. The number of rotatable bonds is 10. The number of nitrogens with one attached hydrogen (secondary N) is 1. The number of urea groups is 1. The maximum absolute atomic E-state index is 12.0. The number of unbranched alkanes of at least 4 members (excludes halogenated alkanes) is 1. The van der Waals surface area contributed by atoms with Crippen LogP contribution in [0.25, 0.3) is 0 Å². The van der Waals surface area contributed by atoms with Crippen LogP contribution < -0.4 is 5.32 Å². The average molecular weight is 366 g/mol. The van der Waals surface area contributed by atoms with Crippen molar-refractivity contribution in [2.24, 2.45) is 5.92 Å². The van der Waals surface area contributed by atoms with Gasteiger partial charge in [0.15, 0.2) is 0 Å². The summed E-state index contributed by atoms with van der Waals surface area (Å²) in [4.78, 5) is 36.0. The normalized spacial score (nSPS) is 22.8. The Morgan fingerprint density at radius 2 is 1.96 bits per heavy atom. The minimum atomic E-state index is -0.818. The van der Waals surface area contributed by atoms with Gasteiger partial charge >= 0.3 is 12.0 Å². The smallest absolute Gasteiger partial charge is 0.324 e. The summed E-state index contributed by atoms with van der Waals surface area (Å²) in [5.74, 6) is -0.822. The fourth-order valence-electron chi connectivity index (χ4n) is 3.78. The van der Waals surface area contributed by atoms with Crippen LogP contribution in [0.2, 0.25) is 0 Å². The van der Waals surface area contributed by atoms with Crippen molar-refractivity contribution in [2.75, 3.05) is 6.54 Å². The minimum Gasteiger partial charge on any atom is -0.481 e. The number of allylic oxidation sites excluding steroid dienone is 1. The standard InChI is InChI=1S/C19H30N2O5/c22-16(14-8-4-3-5-9-14)12-13-21-15(18(25)20-19(21)26)10-6-1-2-7-11-17(23)24/h1,6,14-16,22H,2-5,7-13H2,(H,23,24)(H,20,25,26)/b6-1-. The van der Waals surface area contributed by atoms with Crippen LogP contribution in [-0.2, 0) is 9.59 Å². The van der Waals surface area contributed by atoms with E-state index in [9.17, 15) is 19.5 Å². The van der Waals surface area contributed by atoms with Crippen molar-refractivity contribution in [1.29, 1.82) is 0 Å². The van der Waals surface area contributed by atoms with E-state index in [1.165, 1.54) is 11.3 Å². The van der Waals surface area contributed by atoms with Gasteiger partial charge in [-0.3, -0.25) is 14.9 Å². The Morgan fingerprint density at radius 1 is 1.23 bits per heavy atom. The number of imide groups is 1. The number of aliphatic hydroxyl groups is 1. The SMILES string of the molecule is O=C(O)CCC/C=C\CC1C(=O)NC(=O)N1CCC(O)C1CCCCC1. The predicted octanol–water partition coefficient (Wildman–Crippen LogP) is 2.44. The Labute approximate surface area is 154 Å². The Kier molecular flexibility index (Phi) is 8.09. The number of hydrogen-bond donors (Lipinski definition) is 3. The van der Waals surface area contributed by atoms with E-state index in [0.29, 0.717) is 38.1 Å². The average Bonchev–Trinajstić information content (AvgIpc) is 2.89. The van der Waals surface area contributed by atoms with Crippen LogP contribution in [0.1, 0.15) is 64.2 Å². The maximum atomic E-state index is 12.0. The van der Waals surface area contributed by atoms with E-state index in [0.717, 1.165) is 25.7 Å². The van der Waals surface area contributed by atoms with Gasteiger partial charge in [0.2, 0.25) is 0 Å². The lowest BCUT2D eigenvalue weighted by Crippen LogP contribution is -2.38. The van der Waals surface area contributed by atoms with Crippen molar-refractivity contribution in [3.63, 3.8) is 0 Å². The summed E-state index contributed by atoms with van der Waals surface area (Å²) in [6, 6.07) is -0.938. The second-order valence-electron chi connectivity index (χ2n) is 7.25. The number of carbonyl (C=O) groups is 3. The molecule has 3 amide bonds. The number of carboxylic acid groups (broad SMARTS) is 1. The number of aliphatic carboxylic acids is 1. The third-order valence-corrected chi connectivity index (χ3v) is 5.32. The van der Waals surface area contributed by atoms with Gasteiger partial charge in [0, 0.05) is 13.0 Å².